The molecule has 1 heterocycles. The first kappa shape index (κ1) is 14.4. The number of ether oxygens (including phenoxy) is 1. The summed E-state index contributed by atoms with van der Waals surface area (Å²) in [5.74, 6) is 0.998. The number of rotatable bonds is 6. The van der Waals surface area contributed by atoms with E-state index in [1.807, 2.05) is 0 Å². The number of hydrogen-bond acceptors (Lipinski definition) is 3. The summed E-state index contributed by atoms with van der Waals surface area (Å²) in [5, 5.41) is 2.52. The van der Waals surface area contributed by atoms with Crippen LogP contribution in [-0.4, -0.2) is 37.7 Å². The Balaban J connectivity index is 1.75. The Hall–Kier alpha value is -1.58. The number of fused-ring (bicyclic) bond motifs is 1. The smallest absolute Gasteiger partial charge is 0.123 e. The van der Waals surface area contributed by atoms with Crippen LogP contribution in [0.25, 0.3) is 10.8 Å². The van der Waals surface area contributed by atoms with E-state index in [-0.39, 0.29) is 0 Å². The summed E-state index contributed by atoms with van der Waals surface area (Å²) in [4.78, 5) is 2.48. The summed E-state index contributed by atoms with van der Waals surface area (Å²) in [6.45, 7) is 4.87. The van der Waals surface area contributed by atoms with Gasteiger partial charge in [-0.15, -0.1) is 0 Å². The third-order valence-corrected chi connectivity index (χ3v) is 4.26. The zero-order valence-corrected chi connectivity index (χ0v) is 12.6. The van der Waals surface area contributed by atoms with Gasteiger partial charge in [-0.1, -0.05) is 30.3 Å². The standard InChI is InChI=1S/C18H24N2O/c19-10-9-17-16-6-2-1-5-15(16)7-8-18(17)21-14-13-20-11-3-4-12-20/h1-2,5-8H,3-4,9-14,19H2. The van der Waals surface area contributed by atoms with Gasteiger partial charge in [-0.2, -0.15) is 0 Å². The summed E-state index contributed by atoms with van der Waals surface area (Å²) in [5.41, 5.74) is 7.03. The van der Waals surface area contributed by atoms with Crippen LogP contribution in [0.3, 0.4) is 0 Å². The molecule has 0 saturated carbocycles. The SMILES string of the molecule is NCCc1c(OCCN2CCCC2)ccc2ccccc12. The second-order valence-corrected chi connectivity index (χ2v) is 5.70. The molecular formula is C18H24N2O. The molecule has 2 N–H and O–H groups in total. The van der Waals surface area contributed by atoms with E-state index in [0.717, 1.165) is 25.3 Å². The molecule has 3 nitrogen and oxygen atoms in total. The van der Waals surface area contributed by atoms with Gasteiger partial charge in [0.15, 0.2) is 0 Å². The first-order valence-electron chi connectivity index (χ1n) is 7.94. The topological polar surface area (TPSA) is 38.5 Å². The fourth-order valence-corrected chi connectivity index (χ4v) is 3.14. The van der Waals surface area contributed by atoms with Crippen molar-refractivity contribution in [1.29, 1.82) is 0 Å². The quantitative estimate of drug-likeness (QED) is 0.886. The van der Waals surface area contributed by atoms with Crippen LogP contribution in [0.5, 0.6) is 5.75 Å². The van der Waals surface area contributed by atoms with E-state index in [1.54, 1.807) is 0 Å². The zero-order chi connectivity index (χ0) is 14.5. The van der Waals surface area contributed by atoms with E-state index in [9.17, 15) is 0 Å². The molecule has 0 amide bonds. The minimum Gasteiger partial charge on any atom is -0.492 e. The van der Waals surface area contributed by atoms with E-state index in [2.05, 4.69) is 41.3 Å². The van der Waals surface area contributed by atoms with Gasteiger partial charge in [0.25, 0.3) is 0 Å². The van der Waals surface area contributed by atoms with Crippen LogP contribution in [0.1, 0.15) is 18.4 Å². The van der Waals surface area contributed by atoms with Gasteiger partial charge >= 0.3 is 0 Å². The Kier molecular flexibility index (Phi) is 4.73. The molecule has 0 bridgehead atoms. The minimum absolute atomic E-state index is 0.649. The number of hydrogen-bond donors (Lipinski definition) is 1. The van der Waals surface area contributed by atoms with Crippen LogP contribution in [-0.2, 0) is 6.42 Å². The van der Waals surface area contributed by atoms with Crippen molar-refractivity contribution >= 4 is 10.8 Å². The lowest BCUT2D eigenvalue weighted by atomic mass is 10.0. The second kappa shape index (κ2) is 6.92. The summed E-state index contributed by atoms with van der Waals surface area (Å²) in [6, 6.07) is 12.7. The minimum atomic E-state index is 0.649. The third-order valence-electron chi connectivity index (χ3n) is 4.26. The lowest BCUT2D eigenvalue weighted by Crippen LogP contribution is -2.25. The Morgan fingerprint density at radius 3 is 2.67 bits per heavy atom. The van der Waals surface area contributed by atoms with Crippen LogP contribution in [0.2, 0.25) is 0 Å². The molecule has 1 aliphatic heterocycles. The third kappa shape index (κ3) is 3.36. The molecule has 2 aromatic carbocycles. The zero-order valence-electron chi connectivity index (χ0n) is 12.6. The van der Waals surface area contributed by atoms with Crippen molar-refractivity contribution in [2.75, 3.05) is 32.8 Å². The van der Waals surface area contributed by atoms with E-state index in [1.165, 1.54) is 42.3 Å². The maximum absolute atomic E-state index is 6.06. The number of nitrogens with zero attached hydrogens (tertiary/aromatic N) is 1. The molecule has 21 heavy (non-hydrogen) atoms. The van der Waals surface area contributed by atoms with Crippen LogP contribution in [0.15, 0.2) is 36.4 Å². The van der Waals surface area contributed by atoms with E-state index in [4.69, 9.17) is 10.5 Å². The van der Waals surface area contributed by atoms with Gasteiger partial charge in [-0.3, -0.25) is 4.90 Å². The highest BCUT2D eigenvalue weighted by Gasteiger charge is 2.12. The van der Waals surface area contributed by atoms with Crippen molar-refractivity contribution in [2.24, 2.45) is 5.73 Å². The summed E-state index contributed by atoms with van der Waals surface area (Å²) < 4.78 is 6.06. The Bertz CT molecular complexity index is 591. The Labute approximate surface area is 126 Å². The monoisotopic (exact) mass is 284 g/mol. The van der Waals surface area contributed by atoms with Crippen molar-refractivity contribution in [1.82, 2.24) is 4.90 Å². The molecular weight excluding hydrogens is 260 g/mol. The fourth-order valence-electron chi connectivity index (χ4n) is 3.14. The maximum atomic E-state index is 6.06. The van der Waals surface area contributed by atoms with E-state index >= 15 is 0 Å². The molecule has 0 radical (unpaired) electrons. The lowest BCUT2D eigenvalue weighted by Gasteiger charge is -2.17. The van der Waals surface area contributed by atoms with Gasteiger partial charge < -0.3 is 10.5 Å². The molecule has 0 aliphatic carbocycles. The van der Waals surface area contributed by atoms with E-state index < -0.39 is 0 Å². The van der Waals surface area contributed by atoms with Crippen LogP contribution < -0.4 is 10.5 Å². The summed E-state index contributed by atoms with van der Waals surface area (Å²) in [6.07, 6.45) is 3.52. The van der Waals surface area contributed by atoms with E-state index in [0.29, 0.717) is 6.54 Å². The largest absolute Gasteiger partial charge is 0.492 e. The van der Waals surface area contributed by atoms with Gasteiger partial charge in [-0.05, 0) is 55.7 Å². The van der Waals surface area contributed by atoms with Crippen molar-refractivity contribution in [3.8, 4) is 5.75 Å². The summed E-state index contributed by atoms with van der Waals surface area (Å²) >= 11 is 0. The molecule has 1 saturated heterocycles. The highest BCUT2D eigenvalue weighted by Crippen LogP contribution is 2.28. The first-order valence-corrected chi connectivity index (χ1v) is 7.94. The van der Waals surface area contributed by atoms with Crippen molar-refractivity contribution in [3.05, 3.63) is 42.0 Å². The fraction of sp³-hybridized carbons (Fsp3) is 0.444. The maximum Gasteiger partial charge on any atom is 0.123 e. The molecule has 112 valence electrons. The molecule has 0 atom stereocenters. The second-order valence-electron chi connectivity index (χ2n) is 5.70. The molecule has 3 heteroatoms. The highest BCUT2D eigenvalue weighted by atomic mass is 16.5. The van der Waals surface area contributed by atoms with Gasteiger partial charge in [0.05, 0.1) is 0 Å². The van der Waals surface area contributed by atoms with Gasteiger partial charge in [0, 0.05) is 12.1 Å². The van der Waals surface area contributed by atoms with Crippen LogP contribution in [0, 0.1) is 0 Å². The van der Waals surface area contributed by atoms with Crippen molar-refractivity contribution in [2.45, 2.75) is 19.3 Å². The average Bonchev–Trinajstić information content (AvgIpc) is 3.03. The number of benzene rings is 2. The van der Waals surface area contributed by atoms with Crippen molar-refractivity contribution < 1.29 is 4.74 Å². The normalized spacial score (nSPS) is 15.7. The molecule has 0 unspecified atom stereocenters. The number of nitrogens with two attached hydrogens (primary N) is 1. The average molecular weight is 284 g/mol. The van der Waals surface area contributed by atoms with Gasteiger partial charge in [-0.25, -0.2) is 0 Å². The Morgan fingerprint density at radius 2 is 1.86 bits per heavy atom. The Morgan fingerprint density at radius 1 is 1.05 bits per heavy atom. The lowest BCUT2D eigenvalue weighted by molar-refractivity contribution is 0.236. The number of likely N-dealkylation sites (tertiary alicyclic amines) is 1. The predicted molar refractivity (Wildman–Crippen MR) is 87.9 cm³/mol. The first-order chi connectivity index (χ1) is 10.4. The molecule has 1 aliphatic rings. The summed E-state index contributed by atoms with van der Waals surface area (Å²) in [7, 11) is 0. The molecule has 0 spiro atoms. The van der Waals surface area contributed by atoms with Gasteiger partial charge in [0.2, 0.25) is 0 Å². The van der Waals surface area contributed by atoms with Crippen LogP contribution in [0.4, 0.5) is 0 Å². The molecule has 1 fully saturated rings. The molecule has 2 aromatic rings. The van der Waals surface area contributed by atoms with Gasteiger partial charge in [0.1, 0.15) is 12.4 Å². The molecule has 0 aromatic heterocycles. The van der Waals surface area contributed by atoms with Crippen molar-refractivity contribution in [3.63, 3.8) is 0 Å². The predicted octanol–water partition coefficient (Wildman–Crippen LogP) is 2.82. The van der Waals surface area contributed by atoms with Crippen LogP contribution >= 0.6 is 0 Å². The highest BCUT2D eigenvalue weighted by molar-refractivity contribution is 5.87. The molecule has 3 rings (SSSR count).